The molecule has 0 bridgehead atoms. The predicted octanol–water partition coefficient (Wildman–Crippen LogP) is 4.00. The maximum atomic E-state index is 12.7. The van der Waals surface area contributed by atoms with Crippen molar-refractivity contribution in [2.24, 2.45) is 0 Å². The molecule has 5 nitrogen and oxygen atoms in total. The number of nitrogens with one attached hydrogen (secondary N) is 1. The Morgan fingerprint density at radius 1 is 1.07 bits per heavy atom. The Morgan fingerprint density at radius 3 is 2.37 bits per heavy atom. The number of carbonyl (C=O) groups excluding carboxylic acids is 1. The van der Waals surface area contributed by atoms with Crippen LogP contribution in [0.15, 0.2) is 47.4 Å². The summed E-state index contributed by atoms with van der Waals surface area (Å²) in [6.07, 6.45) is 3.06. The van der Waals surface area contributed by atoms with E-state index in [2.05, 4.69) is 5.32 Å². The second-order valence-corrected chi connectivity index (χ2v) is 9.17. The normalized spacial score (nSPS) is 15.5. The number of hydrogen-bond donors (Lipinski definition) is 1. The smallest absolute Gasteiger partial charge is 0.243 e. The Balaban J connectivity index is 1.65. The van der Waals surface area contributed by atoms with Crippen molar-refractivity contribution in [3.8, 4) is 0 Å². The Kier molecular flexibility index (Phi) is 6.19. The lowest BCUT2D eigenvalue weighted by Gasteiger charge is -2.25. The van der Waals surface area contributed by atoms with E-state index in [1.54, 1.807) is 46.8 Å². The molecule has 27 heavy (non-hydrogen) atoms. The number of carbonyl (C=O) groups is 1. The summed E-state index contributed by atoms with van der Waals surface area (Å²) in [5.41, 5.74) is 2.37. The summed E-state index contributed by atoms with van der Waals surface area (Å²) in [6.45, 7) is 3.03. The van der Waals surface area contributed by atoms with Crippen LogP contribution >= 0.6 is 11.6 Å². The van der Waals surface area contributed by atoms with Crippen LogP contribution in [0.2, 0.25) is 5.02 Å². The van der Waals surface area contributed by atoms with E-state index in [0.717, 1.165) is 30.4 Å². The molecule has 0 saturated carbocycles. The molecule has 1 aliphatic rings. The summed E-state index contributed by atoms with van der Waals surface area (Å²) in [5.74, 6) is -0.160. The summed E-state index contributed by atoms with van der Waals surface area (Å²) in [4.78, 5) is 12.6. The van der Waals surface area contributed by atoms with Crippen LogP contribution in [-0.4, -0.2) is 31.7 Å². The fourth-order valence-corrected chi connectivity index (χ4v) is 4.92. The highest BCUT2D eigenvalue weighted by atomic mass is 35.5. The van der Waals surface area contributed by atoms with Crippen molar-refractivity contribution in [2.45, 2.75) is 37.5 Å². The van der Waals surface area contributed by atoms with Gasteiger partial charge in [-0.25, -0.2) is 8.42 Å². The second kappa shape index (κ2) is 8.42. The number of anilines is 1. The highest BCUT2D eigenvalue weighted by Crippen LogP contribution is 2.22. The lowest BCUT2D eigenvalue weighted by molar-refractivity contribution is -0.115. The summed E-state index contributed by atoms with van der Waals surface area (Å²) < 4.78 is 26.9. The number of aryl methyl sites for hydroxylation is 1. The summed E-state index contributed by atoms with van der Waals surface area (Å²) in [7, 11) is -3.45. The summed E-state index contributed by atoms with van der Waals surface area (Å²) >= 11 is 5.93. The van der Waals surface area contributed by atoms with Crippen molar-refractivity contribution in [1.82, 2.24) is 4.31 Å². The van der Waals surface area contributed by atoms with Gasteiger partial charge in [0, 0.05) is 23.8 Å². The number of halogens is 1. The molecule has 1 heterocycles. The van der Waals surface area contributed by atoms with E-state index in [1.165, 1.54) is 0 Å². The standard InChI is InChI=1S/C20H23ClN2O3S/c1-15-13-17(21)7-10-19(15)22-20(24)14-16-5-8-18(9-6-16)27(25,26)23-11-3-2-4-12-23/h5-10,13H,2-4,11-12,14H2,1H3,(H,22,24). The molecule has 1 N–H and O–H groups in total. The zero-order valence-corrected chi connectivity index (χ0v) is 16.8. The zero-order valence-electron chi connectivity index (χ0n) is 15.2. The molecule has 0 aromatic heterocycles. The van der Waals surface area contributed by atoms with E-state index in [1.807, 2.05) is 6.92 Å². The molecule has 0 aliphatic carbocycles. The monoisotopic (exact) mass is 406 g/mol. The Bertz CT molecular complexity index is 921. The molecule has 2 aromatic rings. The molecule has 144 valence electrons. The van der Waals surface area contributed by atoms with Crippen molar-refractivity contribution < 1.29 is 13.2 Å². The van der Waals surface area contributed by atoms with Gasteiger partial charge in [0.05, 0.1) is 11.3 Å². The van der Waals surface area contributed by atoms with Crippen molar-refractivity contribution in [3.63, 3.8) is 0 Å². The number of benzene rings is 2. The molecule has 3 rings (SSSR count). The average Bonchev–Trinajstić information content (AvgIpc) is 2.65. The van der Waals surface area contributed by atoms with E-state index >= 15 is 0 Å². The van der Waals surface area contributed by atoms with Crippen LogP contribution in [-0.2, 0) is 21.2 Å². The Morgan fingerprint density at radius 2 is 1.74 bits per heavy atom. The van der Waals surface area contributed by atoms with Crippen LogP contribution in [0.4, 0.5) is 5.69 Å². The van der Waals surface area contributed by atoms with Gasteiger partial charge >= 0.3 is 0 Å². The number of piperidine rings is 1. The molecule has 2 aromatic carbocycles. The molecular weight excluding hydrogens is 384 g/mol. The maximum absolute atomic E-state index is 12.7. The highest BCUT2D eigenvalue weighted by Gasteiger charge is 2.25. The summed E-state index contributed by atoms with van der Waals surface area (Å²) in [6, 6.07) is 11.8. The molecular formula is C20H23ClN2O3S. The predicted molar refractivity (Wildman–Crippen MR) is 108 cm³/mol. The topological polar surface area (TPSA) is 66.5 Å². The second-order valence-electron chi connectivity index (χ2n) is 6.79. The molecule has 1 fully saturated rings. The number of nitrogens with zero attached hydrogens (tertiary/aromatic N) is 1. The maximum Gasteiger partial charge on any atom is 0.243 e. The lowest BCUT2D eigenvalue weighted by atomic mass is 10.1. The van der Waals surface area contributed by atoms with Crippen molar-refractivity contribution >= 4 is 33.2 Å². The van der Waals surface area contributed by atoms with Gasteiger partial charge < -0.3 is 5.32 Å². The highest BCUT2D eigenvalue weighted by molar-refractivity contribution is 7.89. The first-order chi connectivity index (χ1) is 12.9. The molecule has 1 saturated heterocycles. The van der Waals surface area contributed by atoms with E-state index in [4.69, 9.17) is 11.6 Å². The van der Waals surface area contributed by atoms with Crippen LogP contribution in [0.1, 0.15) is 30.4 Å². The molecule has 0 radical (unpaired) electrons. The van der Waals surface area contributed by atoms with Gasteiger partial charge in [-0.15, -0.1) is 0 Å². The third-order valence-electron chi connectivity index (χ3n) is 4.70. The molecule has 1 amide bonds. The average molecular weight is 407 g/mol. The Hall–Kier alpha value is -1.89. The van der Waals surface area contributed by atoms with Gasteiger partial charge in [-0.05, 0) is 61.2 Å². The first-order valence-corrected chi connectivity index (χ1v) is 10.8. The van der Waals surface area contributed by atoms with E-state index in [0.29, 0.717) is 23.8 Å². The molecule has 0 spiro atoms. The number of sulfonamides is 1. The van der Waals surface area contributed by atoms with Gasteiger partial charge in [-0.1, -0.05) is 30.2 Å². The number of hydrogen-bond acceptors (Lipinski definition) is 3. The SMILES string of the molecule is Cc1cc(Cl)ccc1NC(=O)Cc1ccc(S(=O)(=O)N2CCCCC2)cc1. The van der Waals surface area contributed by atoms with Gasteiger partial charge in [0.15, 0.2) is 0 Å². The van der Waals surface area contributed by atoms with Gasteiger partial charge in [-0.3, -0.25) is 4.79 Å². The zero-order chi connectivity index (χ0) is 19.4. The third kappa shape index (κ3) is 4.89. The number of amides is 1. The minimum Gasteiger partial charge on any atom is -0.326 e. The van der Waals surface area contributed by atoms with Gasteiger partial charge in [0.1, 0.15) is 0 Å². The molecule has 7 heteroatoms. The minimum atomic E-state index is -3.45. The van der Waals surface area contributed by atoms with Crippen LogP contribution in [0.3, 0.4) is 0 Å². The molecule has 1 aliphatic heterocycles. The van der Waals surface area contributed by atoms with Crippen molar-refractivity contribution in [3.05, 3.63) is 58.6 Å². The first kappa shape index (κ1) is 19.9. The fourth-order valence-electron chi connectivity index (χ4n) is 3.18. The van der Waals surface area contributed by atoms with Gasteiger partial charge in [0.2, 0.25) is 15.9 Å². The molecule has 0 unspecified atom stereocenters. The van der Waals surface area contributed by atoms with E-state index < -0.39 is 10.0 Å². The van der Waals surface area contributed by atoms with Crippen LogP contribution in [0, 0.1) is 6.92 Å². The fraction of sp³-hybridized carbons (Fsp3) is 0.350. The molecule has 0 atom stereocenters. The van der Waals surface area contributed by atoms with Crippen molar-refractivity contribution in [2.75, 3.05) is 18.4 Å². The van der Waals surface area contributed by atoms with Crippen LogP contribution in [0.5, 0.6) is 0 Å². The number of rotatable bonds is 5. The first-order valence-electron chi connectivity index (χ1n) is 9.01. The van der Waals surface area contributed by atoms with E-state index in [9.17, 15) is 13.2 Å². The van der Waals surface area contributed by atoms with Gasteiger partial charge in [0.25, 0.3) is 0 Å². The van der Waals surface area contributed by atoms with Gasteiger partial charge in [-0.2, -0.15) is 4.31 Å². The minimum absolute atomic E-state index is 0.160. The van der Waals surface area contributed by atoms with Crippen molar-refractivity contribution in [1.29, 1.82) is 0 Å². The van der Waals surface area contributed by atoms with Crippen LogP contribution in [0.25, 0.3) is 0 Å². The Labute approximate surface area is 165 Å². The lowest BCUT2D eigenvalue weighted by Crippen LogP contribution is -2.35. The summed E-state index contributed by atoms with van der Waals surface area (Å²) in [5, 5.41) is 3.48. The largest absolute Gasteiger partial charge is 0.326 e. The van der Waals surface area contributed by atoms with Crippen LogP contribution < -0.4 is 5.32 Å². The van der Waals surface area contributed by atoms with E-state index in [-0.39, 0.29) is 17.2 Å². The quantitative estimate of drug-likeness (QED) is 0.815. The third-order valence-corrected chi connectivity index (χ3v) is 6.85.